The maximum Gasteiger partial charge on any atom is 0.239 e. The summed E-state index contributed by atoms with van der Waals surface area (Å²) in [6, 6.07) is 4.61. The Labute approximate surface area is 168 Å². The highest BCUT2D eigenvalue weighted by atomic mass is 127. The molecule has 1 aromatic heterocycles. The molecule has 1 rings (SSSR count). The van der Waals surface area contributed by atoms with Crippen LogP contribution in [0.4, 0.5) is 0 Å². The molecule has 0 aliphatic carbocycles. The number of halogens is 1. The lowest BCUT2D eigenvalue weighted by Gasteiger charge is -2.30. The third kappa shape index (κ3) is 9.69. The predicted molar refractivity (Wildman–Crippen MR) is 112 cm³/mol. The van der Waals surface area contributed by atoms with E-state index in [1.807, 2.05) is 6.07 Å². The lowest BCUT2D eigenvalue weighted by molar-refractivity contribution is -0.120. The van der Waals surface area contributed by atoms with Crippen LogP contribution in [0.1, 0.15) is 33.5 Å². The highest BCUT2D eigenvalue weighted by molar-refractivity contribution is 14.0. The van der Waals surface area contributed by atoms with Crippen LogP contribution < -0.4 is 16.0 Å². The highest BCUT2D eigenvalue weighted by Gasteiger charge is 2.12. The number of aliphatic imine (C=N–C) groups is 1. The van der Waals surface area contributed by atoms with E-state index in [2.05, 4.69) is 53.5 Å². The molecule has 144 valence electrons. The topological polar surface area (TPSA) is 81.9 Å². The van der Waals surface area contributed by atoms with Gasteiger partial charge in [0.2, 0.25) is 5.91 Å². The average Bonchev–Trinajstić information content (AvgIpc) is 3.04. The van der Waals surface area contributed by atoms with Gasteiger partial charge in [0, 0.05) is 32.2 Å². The Morgan fingerprint density at radius 2 is 1.88 bits per heavy atom. The van der Waals surface area contributed by atoms with E-state index in [9.17, 15) is 4.79 Å². The Hall–Kier alpha value is -1.29. The monoisotopic (exact) mass is 465 g/mol. The highest BCUT2D eigenvalue weighted by Crippen LogP contribution is 2.03. The number of carbonyl (C=O) groups is 1. The molecule has 0 atom stereocenters. The summed E-state index contributed by atoms with van der Waals surface area (Å²) in [5.74, 6) is 1.24. The molecular formula is C17H32IN5O2. The fraction of sp³-hybridized carbons (Fsp3) is 0.647. The van der Waals surface area contributed by atoms with Gasteiger partial charge in [0.25, 0.3) is 0 Å². The van der Waals surface area contributed by atoms with Crippen molar-refractivity contribution < 1.29 is 9.21 Å². The quantitative estimate of drug-likeness (QED) is 0.295. The van der Waals surface area contributed by atoms with Gasteiger partial charge >= 0.3 is 0 Å². The summed E-state index contributed by atoms with van der Waals surface area (Å²) < 4.78 is 5.17. The number of nitrogens with one attached hydrogen (secondary N) is 3. The standard InChI is InChI=1S/C17H31N5O2.HI/c1-13(2)22(14(3)4)9-8-19-17(18-5)21-12-16(23)20-11-15-7-6-10-24-15;/h6-7,10,13-14H,8-9,11-12H2,1-5H3,(H,20,23)(H2,18,19,21);1H. The molecule has 8 heteroatoms. The summed E-state index contributed by atoms with van der Waals surface area (Å²) in [5.41, 5.74) is 0. The molecule has 1 heterocycles. The largest absolute Gasteiger partial charge is 0.467 e. The molecule has 0 fully saturated rings. The van der Waals surface area contributed by atoms with Gasteiger partial charge < -0.3 is 20.4 Å². The molecule has 1 aromatic rings. The van der Waals surface area contributed by atoms with E-state index in [-0.39, 0.29) is 36.4 Å². The maximum atomic E-state index is 11.8. The van der Waals surface area contributed by atoms with E-state index in [4.69, 9.17) is 4.42 Å². The Kier molecular flexibility index (Phi) is 12.3. The number of nitrogens with zero attached hydrogens (tertiary/aromatic N) is 2. The molecule has 0 spiro atoms. The second kappa shape index (κ2) is 13.0. The average molecular weight is 465 g/mol. The van der Waals surface area contributed by atoms with Gasteiger partial charge in [-0.25, -0.2) is 0 Å². The molecule has 0 unspecified atom stereocenters. The van der Waals surface area contributed by atoms with E-state index >= 15 is 0 Å². The van der Waals surface area contributed by atoms with Crippen LogP contribution in [0, 0.1) is 0 Å². The minimum atomic E-state index is -0.111. The van der Waals surface area contributed by atoms with Gasteiger partial charge in [0.1, 0.15) is 5.76 Å². The number of furan rings is 1. The first-order chi connectivity index (χ1) is 11.4. The molecule has 0 radical (unpaired) electrons. The second-order valence-corrected chi connectivity index (χ2v) is 6.13. The molecule has 7 nitrogen and oxygen atoms in total. The van der Waals surface area contributed by atoms with Crippen LogP contribution in [-0.2, 0) is 11.3 Å². The zero-order chi connectivity index (χ0) is 17.9. The molecule has 0 aromatic carbocycles. The van der Waals surface area contributed by atoms with Crippen molar-refractivity contribution in [3.8, 4) is 0 Å². The van der Waals surface area contributed by atoms with Gasteiger partial charge in [-0.15, -0.1) is 24.0 Å². The normalized spacial score (nSPS) is 11.6. The van der Waals surface area contributed by atoms with Crippen LogP contribution in [0.15, 0.2) is 27.8 Å². The van der Waals surface area contributed by atoms with Crippen molar-refractivity contribution in [2.45, 2.75) is 46.3 Å². The minimum Gasteiger partial charge on any atom is -0.467 e. The van der Waals surface area contributed by atoms with Gasteiger partial charge in [-0.05, 0) is 39.8 Å². The van der Waals surface area contributed by atoms with Crippen LogP contribution in [0.2, 0.25) is 0 Å². The number of rotatable bonds is 9. The lowest BCUT2D eigenvalue weighted by Crippen LogP contribution is -2.47. The molecule has 25 heavy (non-hydrogen) atoms. The van der Waals surface area contributed by atoms with Crippen LogP contribution in [0.5, 0.6) is 0 Å². The van der Waals surface area contributed by atoms with Crippen LogP contribution in [-0.4, -0.2) is 55.5 Å². The zero-order valence-electron chi connectivity index (χ0n) is 15.8. The summed E-state index contributed by atoms with van der Waals surface area (Å²) in [4.78, 5) is 18.3. The van der Waals surface area contributed by atoms with Crippen molar-refractivity contribution in [1.82, 2.24) is 20.9 Å². The summed E-state index contributed by atoms with van der Waals surface area (Å²) in [6.45, 7) is 11.0. The van der Waals surface area contributed by atoms with E-state index in [1.54, 1.807) is 19.4 Å². The first-order valence-electron chi connectivity index (χ1n) is 8.43. The van der Waals surface area contributed by atoms with Crippen LogP contribution in [0.3, 0.4) is 0 Å². The van der Waals surface area contributed by atoms with Gasteiger partial charge in [0.05, 0.1) is 19.4 Å². The first kappa shape index (κ1) is 23.7. The number of amides is 1. The van der Waals surface area contributed by atoms with E-state index in [0.29, 0.717) is 24.6 Å². The van der Waals surface area contributed by atoms with E-state index in [1.165, 1.54) is 0 Å². The van der Waals surface area contributed by atoms with Crippen molar-refractivity contribution in [3.05, 3.63) is 24.2 Å². The van der Waals surface area contributed by atoms with Crippen LogP contribution >= 0.6 is 24.0 Å². The summed E-state index contributed by atoms with van der Waals surface area (Å²) in [7, 11) is 1.69. The summed E-state index contributed by atoms with van der Waals surface area (Å²) in [5, 5.41) is 9.03. The van der Waals surface area contributed by atoms with Crippen molar-refractivity contribution in [1.29, 1.82) is 0 Å². The molecule has 0 bridgehead atoms. The van der Waals surface area contributed by atoms with Crippen molar-refractivity contribution >= 4 is 35.8 Å². The smallest absolute Gasteiger partial charge is 0.239 e. The number of guanidine groups is 1. The van der Waals surface area contributed by atoms with Crippen molar-refractivity contribution in [2.24, 2.45) is 4.99 Å². The van der Waals surface area contributed by atoms with Crippen molar-refractivity contribution in [2.75, 3.05) is 26.7 Å². The number of carbonyl (C=O) groups excluding carboxylic acids is 1. The van der Waals surface area contributed by atoms with E-state index < -0.39 is 0 Å². The molecule has 3 N–H and O–H groups in total. The van der Waals surface area contributed by atoms with Gasteiger partial charge in [-0.2, -0.15) is 0 Å². The molecule has 0 aliphatic rings. The fourth-order valence-corrected chi connectivity index (χ4v) is 2.46. The van der Waals surface area contributed by atoms with Gasteiger partial charge in [-0.3, -0.25) is 14.7 Å². The van der Waals surface area contributed by atoms with Crippen molar-refractivity contribution in [3.63, 3.8) is 0 Å². The van der Waals surface area contributed by atoms with Crippen LogP contribution in [0.25, 0.3) is 0 Å². The zero-order valence-corrected chi connectivity index (χ0v) is 18.2. The third-order valence-corrected chi connectivity index (χ3v) is 3.67. The Balaban J connectivity index is 0.00000576. The minimum absolute atomic E-state index is 0. The van der Waals surface area contributed by atoms with Gasteiger partial charge in [0.15, 0.2) is 5.96 Å². The summed E-state index contributed by atoms with van der Waals surface area (Å²) in [6.07, 6.45) is 1.59. The third-order valence-electron chi connectivity index (χ3n) is 3.67. The SMILES string of the molecule is CN=C(NCCN(C(C)C)C(C)C)NCC(=O)NCc1ccco1.I. The lowest BCUT2D eigenvalue weighted by atomic mass is 10.2. The fourth-order valence-electron chi connectivity index (χ4n) is 2.46. The molecule has 0 saturated carbocycles. The molecule has 0 aliphatic heterocycles. The maximum absolute atomic E-state index is 11.8. The Morgan fingerprint density at radius 1 is 1.20 bits per heavy atom. The summed E-state index contributed by atoms with van der Waals surface area (Å²) >= 11 is 0. The first-order valence-corrected chi connectivity index (χ1v) is 8.43. The Bertz CT molecular complexity index is 495. The second-order valence-electron chi connectivity index (χ2n) is 6.13. The molecule has 1 amide bonds. The van der Waals surface area contributed by atoms with Gasteiger partial charge in [-0.1, -0.05) is 0 Å². The number of hydrogen-bond donors (Lipinski definition) is 3. The molecular weight excluding hydrogens is 433 g/mol. The number of hydrogen-bond acceptors (Lipinski definition) is 4. The molecule has 0 saturated heterocycles. The predicted octanol–water partition coefficient (Wildman–Crippen LogP) is 1.80. The Morgan fingerprint density at radius 3 is 2.40 bits per heavy atom. The van der Waals surface area contributed by atoms with E-state index in [0.717, 1.165) is 18.8 Å².